The van der Waals surface area contributed by atoms with Crippen LogP contribution < -0.4 is 10.6 Å². The van der Waals surface area contributed by atoms with Crippen molar-refractivity contribution in [3.8, 4) is 0 Å². The summed E-state index contributed by atoms with van der Waals surface area (Å²) in [4.78, 5) is 6.47. The molecular weight excluding hydrogens is 371 g/mol. The number of halogens is 1. The number of rotatable bonds is 5. The molecule has 27 heavy (non-hydrogen) atoms. The second kappa shape index (κ2) is 8.99. The van der Waals surface area contributed by atoms with Gasteiger partial charge in [-0.25, -0.2) is 12.8 Å². The van der Waals surface area contributed by atoms with Crippen LogP contribution in [0.5, 0.6) is 0 Å². The highest BCUT2D eigenvalue weighted by Crippen LogP contribution is 2.22. The topological polar surface area (TPSA) is 83.0 Å². The Labute approximate surface area is 159 Å². The number of nitrogens with zero attached hydrogens (tertiary/aromatic N) is 2. The largest absolute Gasteiger partial charge is 0.379 e. The van der Waals surface area contributed by atoms with Crippen molar-refractivity contribution in [2.45, 2.75) is 18.5 Å². The summed E-state index contributed by atoms with van der Waals surface area (Å²) >= 11 is 0. The molecule has 0 amide bonds. The summed E-state index contributed by atoms with van der Waals surface area (Å²) in [5.41, 5.74) is 0.892. The molecule has 0 saturated carbocycles. The third kappa shape index (κ3) is 5.63. The lowest BCUT2D eigenvalue weighted by atomic mass is 10.0. The van der Waals surface area contributed by atoms with E-state index in [1.807, 2.05) is 6.07 Å². The summed E-state index contributed by atoms with van der Waals surface area (Å²) in [6.45, 7) is 3.38. The van der Waals surface area contributed by atoms with Gasteiger partial charge in [0.2, 0.25) is 0 Å². The van der Waals surface area contributed by atoms with Gasteiger partial charge in [0.05, 0.1) is 30.8 Å². The van der Waals surface area contributed by atoms with Crippen molar-refractivity contribution in [1.82, 2.24) is 15.5 Å². The number of ether oxygens (including phenoxy) is 1. The maximum Gasteiger partial charge on any atom is 0.191 e. The molecule has 2 aliphatic rings. The quantitative estimate of drug-likeness (QED) is 0.557. The molecule has 0 radical (unpaired) electrons. The van der Waals surface area contributed by atoms with E-state index in [-0.39, 0.29) is 29.4 Å². The first-order valence-corrected chi connectivity index (χ1v) is 11.0. The number of benzene rings is 1. The van der Waals surface area contributed by atoms with E-state index < -0.39 is 9.84 Å². The minimum absolute atomic E-state index is 0.0320. The third-order valence-corrected chi connectivity index (χ3v) is 6.75. The van der Waals surface area contributed by atoms with E-state index in [1.54, 1.807) is 19.2 Å². The zero-order valence-electron chi connectivity index (χ0n) is 15.5. The van der Waals surface area contributed by atoms with E-state index in [9.17, 15) is 12.8 Å². The number of hydrogen-bond donors (Lipinski definition) is 2. The van der Waals surface area contributed by atoms with Crippen LogP contribution in [0.3, 0.4) is 0 Å². The average molecular weight is 399 g/mol. The van der Waals surface area contributed by atoms with Crippen LogP contribution in [0.2, 0.25) is 0 Å². The Morgan fingerprint density at radius 1 is 1.41 bits per heavy atom. The zero-order valence-corrected chi connectivity index (χ0v) is 16.3. The Hall–Kier alpha value is -1.71. The molecule has 2 saturated heterocycles. The van der Waals surface area contributed by atoms with Gasteiger partial charge < -0.3 is 15.4 Å². The highest BCUT2D eigenvalue weighted by molar-refractivity contribution is 7.91. The Morgan fingerprint density at radius 2 is 2.19 bits per heavy atom. The molecule has 2 atom stereocenters. The fourth-order valence-electron chi connectivity index (χ4n) is 3.55. The molecule has 0 bridgehead atoms. The molecule has 2 heterocycles. The number of morpholine rings is 1. The fraction of sp³-hybridized carbons (Fsp3) is 0.611. The number of nitrogens with one attached hydrogen (secondary N) is 2. The molecule has 3 rings (SSSR count). The lowest BCUT2D eigenvalue weighted by Gasteiger charge is -2.35. The van der Waals surface area contributed by atoms with E-state index in [4.69, 9.17) is 4.74 Å². The smallest absolute Gasteiger partial charge is 0.191 e. The van der Waals surface area contributed by atoms with Gasteiger partial charge in [-0.05, 0) is 24.1 Å². The van der Waals surface area contributed by atoms with Crippen molar-refractivity contribution < 1.29 is 17.5 Å². The summed E-state index contributed by atoms with van der Waals surface area (Å²) in [6, 6.07) is 6.47. The highest BCUT2D eigenvalue weighted by atomic mass is 32.2. The Bertz CT molecular complexity index is 766. The van der Waals surface area contributed by atoms with Gasteiger partial charge >= 0.3 is 0 Å². The molecule has 2 fully saturated rings. The van der Waals surface area contributed by atoms with E-state index in [0.29, 0.717) is 32.1 Å². The number of guanidine groups is 1. The molecule has 0 spiro atoms. The van der Waals surface area contributed by atoms with Crippen LogP contribution in [-0.2, 0) is 14.6 Å². The van der Waals surface area contributed by atoms with Gasteiger partial charge in [0.15, 0.2) is 15.8 Å². The molecular formula is C18H27FN4O3S. The van der Waals surface area contributed by atoms with Crippen molar-refractivity contribution in [3.05, 3.63) is 35.6 Å². The van der Waals surface area contributed by atoms with Crippen molar-refractivity contribution in [2.75, 3.05) is 51.4 Å². The van der Waals surface area contributed by atoms with E-state index in [2.05, 4.69) is 20.5 Å². The molecule has 0 aliphatic carbocycles. The molecule has 2 N–H and O–H groups in total. The first kappa shape index (κ1) is 20.0. The summed E-state index contributed by atoms with van der Waals surface area (Å²) < 4.78 is 42.5. The predicted octanol–water partition coefficient (Wildman–Crippen LogP) is 0.551. The van der Waals surface area contributed by atoms with Crippen LogP contribution in [0.4, 0.5) is 4.39 Å². The maximum absolute atomic E-state index is 13.7. The van der Waals surface area contributed by atoms with Crippen LogP contribution in [-0.4, -0.2) is 76.7 Å². The molecule has 0 aromatic heterocycles. The lowest BCUT2D eigenvalue weighted by Crippen LogP contribution is -2.48. The van der Waals surface area contributed by atoms with Crippen LogP contribution in [0.25, 0.3) is 0 Å². The molecule has 7 nitrogen and oxygen atoms in total. The van der Waals surface area contributed by atoms with Crippen molar-refractivity contribution >= 4 is 15.8 Å². The summed E-state index contributed by atoms with van der Waals surface area (Å²) in [5, 5.41) is 6.46. The summed E-state index contributed by atoms with van der Waals surface area (Å²) in [6.07, 6.45) is 0.583. The standard InChI is InChI=1S/C18H27FN4O3S/c1-20-18(22-16-5-10-27(24,25)13-16)21-12-17(23-6-8-26-9-7-23)14-3-2-4-15(19)11-14/h2-4,11,16-17H,5-10,12-13H2,1H3,(H2,20,21,22). The fourth-order valence-corrected chi connectivity index (χ4v) is 5.22. The van der Waals surface area contributed by atoms with Gasteiger partial charge in [0, 0.05) is 32.7 Å². The Kier molecular flexibility index (Phi) is 6.67. The molecule has 1 aromatic carbocycles. The zero-order chi connectivity index (χ0) is 19.3. The van der Waals surface area contributed by atoms with Crippen molar-refractivity contribution in [2.24, 2.45) is 4.99 Å². The van der Waals surface area contributed by atoms with Crippen LogP contribution >= 0.6 is 0 Å². The molecule has 2 aliphatic heterocycles. The SMILES string of the molecule is CN=C(NCC(c1cccc(F)c1)N1CCOCC1)NC1CCS(=O)(=O)C1. The third-order valence-electron chi connectivity index (χ3n) is 4.98. The number of aliphatic imine (C=N–C) groups is 1. The van der Waals surface area contributed by atoms with Crippen molar-refractivity contribution in [1.29, 1.82) is 0 Å². The second-order valence-electron chi connectivity index (χ2n) is 6.92. The van der Waals surface area contributed by atoms with E-state index in [0.717, 1.165) is 18.7 Å². The summed E-state index contributed by atoms with van der Waals surface area (Å²) in [7, 11) is -1.30. The second-order valence-corrected chi connectivity index (χ2v) is 9.15. The summed E-state index contributed by atoms with van der Waals surface area (Å²) in [5.74, 6) is 0.641. The lowest BCUT2D eigenvalue weighted by molar-refractivity contribution is 0.0169. The van der Waals surface area contributed by atoms with Gasteiger partial charge in [-0.2, -0.15) is 0 Å². The monoisotopic (exact) mass is 398 g/mol. The van der Waals surface area contributed by atoms with Crippen LogP contribution in [0.15, 0.2) is 29.3 Å². The Morgan fingerprint density at radius 3 is 2.81 bits per heavy atom. The van der Waals surface area contributed by atoms with Crippen LogP contribution in [0, 0.1) is 5.82 Å². The van der Waals surface area contributed by atoms with Gasteiger partial charge in [0.25, 0.3) is 0 Å². The molecule has 2 unspecified atom stereocenters. The predicted molar refractivity (Wildman–Crippen MR) is 103 cm³/mol. The number of hydrogen-bond acceptors (Lipinski definition) is 5. The van der Waals surface area contributed by atoms with Gasteiger partial charge in [-0.3, -0.25) is 9.89 Å². The molecule has 9 heteroatoms. The Balaban J connectivity index is 1.66. The van der Waals surface area contributed by atoms with Gasteiger partial charge in [-0.15, -0.1) is 0 Å². The van der Waals surface area contributed by atoms with Gasteiger partial charge in [0.1, 0.15) is 5.82 Å². The first-order valence-electron chi connectivity index (χ1n) is 9.22. The first-order chi connectivity index (χ1) is 13.0. The van der Waals surface area contributed by atoms with E-state index in [1.165, 1.54) is 6.07 Å². The minimum Gasteiger partial charge on any atom is -0.379 e. The van der Waals surface area contributed by atoms with Gasteiger partial charge in [-0.1, -0.05) is 12.1 Å². The average Bonchev–Trinajstić information content (AvgIpc) is 3.00. The van der Waals surface area contributed by atoms with Crippen LogP contribution in [0.1, 0.15) is 18.0 Å². The maximum atomic E-state index is 13.7. The minimum atomic E-state index is -2.95. The van der Waals surface area contributed by atoms with Crippen molar-refractivity contribution in [3.63, 3.8) is 0 Å². The molecule has 1 aromatic rings. The highest BCUT2D eigenvalue weighted by Gasteiger charge is 2.29. The normalized spacial score (nSPS) is 24.5. The number of sulfone groups is 1. The molecule has 150 valence electrons. The van der Waals surface area contributed by atoms with E-state index >= 15 is 0 Å².